The molecule has 0 atom stereocenters. The molecule has 0 spiro atoms. The lowest BCUT2D eigenvalue weighted by Gasteiger charge is -2.25. The van der Waals surface area contributed by atoms with E-state index < -0.39 is 6.09 Å². The number of hydrogen-bond acceptors (Lipinski definition) is 6. The summed E-state index contributed by atoms with van der Waals surface area (Å²) in [5.74, 6) is -0.504. The maximum Gasteiger partial charge on any atom is 0.413 e. The largest absolute Gasteiger partial charge is 0.453 e. The highest BCUT2D eigenvalue weighted by molar-refractivity contribution is 7.15. The molecular weight excluding hydrogens is 347 g/mol. The van der Waals surface area contributed by atoms with Gasteiger partial charge < -0.3 is 10.1 Å². The van der Waals surface area contributed by atoms with Gasteiger partial charge in [0.05, 0.1) is 19.3 Å². The Balaban J connectivity index is 1.56. The number of methoxy groups -OCH3 is 1. The fourth-order valence-electron chi connectivity index (χ4n) is 2.51. The van der Waals surface area contributed by atoms with Gasteiger partial charge in [-0.3, -0.25) is 15.0 Å². The van der Waals surface area contributed by atoms with Gasteiger partial charge in [-0.15, -0.1) is 0 Å². The van der Waals surface area contributed by atoms with E-state index in [1.165, 1.54) is 42.7 Å². The molecular formula is C16H17FN4O3S. The second-order valence-corrected chi connectivity index (χ2v) is 6.60. The summed E-state index contributed by atoms with van der Waals surface area (Å²) < 4.78 is 17.4. The minimum Gasteiger partial charge on any atom is -0.453 e. The topological polar surface area (TPSA) is 83.6 Å². The van der Waals surface area contributed by atoms with Gasteiger partial charge >= 0.3 is 6.09 Å². The Hall–Kier alpha value is -2.52. The lowest BCUT2D eigenvalue weighted by Crippen LogP contribution is -2.36. The molecule has 0 fully saturated rings. The summed E-state index contributed by atoms with van der Waals surface area (Å²) in [5, 5.41) is 5.80. The highest BCUT2D eigenvalue weighted by atomic mass is 32.1. The van der Waals surface area contributed by atoms with Crippen molar-refractivity contribution in [2.75, 3.05) is 30.8 Å². The maximum atomic E-state index is 12.9. The van der Waals surface area contributed by atoms with Crippen molar-refractivity contribution in [2.45, 2.75) is 13.0 Å². The van der Waals surface area contributed by atoms with Gasteiger partial charge in [0.1, 0.15) is 5.82 Å². The standard InChI is InChI=1S/C16H17FN4O3S/c1-24-16(23)20-15-19-12-6-7-21(8-13(12)25-15)9-14(22)18-11-4-2-10(17)3-5-11/h2-5H,6-9H2,1H3,(H,18,22)(H,19,20,23). The number of rotatable bonds is 4. The lowest BCUT2D eigenvalue weighted by molar-refractivity contribution is -0.117. The fourth-order valence-corrected chi connectivity index (χ4v) is 3.55. The lowest BCUT2D eigenvalue weighted by atomic mass is 10.2. The molecule has 0 saturated carbocycles. The number of nitrogens with zero attached hydrogens (tertiary/aromatic N) is 2. The van der Waals surface area contributed by atoms with Gasteiger partial charge in [-0.25, -0.2) is 14.2 Å². The van der Waals surface area contributed by atoms with Gasteiger partial charge in [-0.1, -0.05) is 11.3 Å². The minimum absolute atomic E-state index is 0.160. The first-order chi connectivity index (χ1) is 12.0. The van der Waals surface area contributed by atoms with Crippen LogP contribution < -0.4 is 10.6 Å². The molecule has 25 heavy (non-hydrogen) atoms. The Labute approximate surface area is 147 Å². The number of ether oxygens (including phenoxy) is 1. The number of halogens is 1. The minimum atomic E-state index is -0.554. The number of hydrogen-bond donors (Lipinski definition) is 2. The number of amides is 2. The van der Waals surface area contributed by atoms with Crippen molar-refractivity contribution in [3.63, 3.8) is 0 Å². The maximum absolute atomic E-state index is 12.9. The van der Waals surface area contributed by atoms with Crippen molar-refractivity contribution in [3.8, 4) is 0 Å². The molecule has 0 radical (unpaired) electrons. The zero-order chi connectivity index (χ0) is 17.8. The van der Waals surface area contributed by atoms with E-state index in [0.29, 0.717) is 30.3 Å². The van der Waals surface area contributed by atoms with E-state index in [-0.39, 0.29) is 18.3 Å². The van der Waals surface area contributed by atoms with Crippen LogP contribution in [0.2, 0.25) is 0 Å². The second-order valence-electron chi connectivity index (χ2n) is 5.52. The summed E-state index contributed by atoms with van der Waals surface area (Å²) in [6.07, 6.45) is 0.153. The molecule has 0 aliphatic carbocycles. The van der Waals surface area contributed by atoms with Crippen LogP contribution >= 0.6 is 11.3 Å². The zero-order valence-electron chi connectivity index (χ0n) is 13.5. The Kier molecular flexibility index (Phi) is 5.25. The van der Waals surface area contributed by atoms with Gasteiger partial charge in [0.2, 0.25) is 5.91 Å². The molecule has 2 amide bonds. The number of nitrogens with one attached hydrogen (secondary N) is 2. The average Bonchev–Trinajstić information content (AvgIpc) is 2.98. The molecule has 3 rings (SSSR count). The molecule has 2 N–H and O–H groups in total. The molecule has 1 aliphatic heterocycles. The molecule has 2 aromatic rings. The van der Waals surface area contributed by atoms with E-state index in [1.54, 1.807) is 0 Å². The van der Waals surface area contributed by atoms with Crippen molar-refractivity contribution < 1.29 is 18.7 Å². The summed E-state index contributed by atoms with van der Waals surface area (Å²) in [6.45, 7) is 1.52. The summed E-state index contributed by atoms with van der Waals surface area (Å²) in [7, 11) is 1.30. The van der Waals surface area contributed by atoms with Crippen LogP contribution in [-0.2, 0) is 22.5 Å². The molecule has 0 unspecified atom stereocenters. The Morgan fingerprint density at radius 2 is 2.08 bits per heavy atom. The number of aromatic nitrogens is 1. The summed E-state index contributed by atoms with van der Waals surface area (Å²) in [4.78, 5) is 30.8. The Morgan fingerprint density at radius 1 is 1.32 bits per heavy atom. The molecule has 1 aromatic carbocycles. The second kappa shape index (κ2) is 7.58. The zero-order valence-corrected chi connectivity index (χ0v) is 14.4. The SMILES string of the molecule is COC(=O)Nc1nc2c(s1)CN(CC(=O)Nc1ccc(F)cc1)CC2. The average molecular weight is 364 g/mol. The molecule has 2 heterocycles. The van der Waals surface area contributed by atoms with Crippen molar-refractivity contribution in [1.82, 2.24) is 9.88 Å². The van der Waals surface area contributed by atoms with Crippen LogP contribution in [0, 0.1) is 5.82 Å². The molecule has 132 valence electrons. The molecule has 0 saturated heterocycles. The number of thiazole rings is 1. The van der Waals surface area contributed by atoms with Crippen LogP contribution in [0.3, 0.4) is 0 Å². The van der Waals surface area contributed by atoms with Gasteiger partial charge in [-0.2, -0.15) is 0 Å². The van der Waals surface area contributed by atoms with Crippen LogP contribution in [0.25, 0.3) is 0 Å². The third kappa shape index (κ3) is 4.52. The quantitative estimate of drug-likeness (QED) is 0.871. The third-order valence-electron chi connectivity index (χ3n) is 3.70. The predicted molar refractivity (Wildman–Crippen MR) is 92.2 cm³/mol. The first-order valence-electron chi connectivity index (χ1n) is 7.65. The van der Waals surface area contributed by atoms with Gasteiger partial charge in [0.15, 0.2) is 5.13 Å². The van der Waals surface area contributed by atoms with Crippen LogP contribution in [0.5, 0.6) is 0 Å². The summed E-state index contributed by atoms with van der Waals surface area (Å²) >= 11 is 1.38. The normalized spacial score (nSPS) is 13.8. The number of carbonyl (C=O) groups is 2. The molecule has 1 aliphatic rings. The first-order valence-corrected chi connectivity index (χ1v) is 8.46. The Bertz CT molecular complexity index is 778. The van der Waals surface area contributed by atoms with Crippen LogP contribution in [0.1, 0.15) is 10.6 Å². The molecule has 9 heteroatoms. The highest BCUT2D eigenvalue weighted by Crippen LogP contribution is 2.28. The van der Waals surface area contributed by atoms with Gasteiger partial charge in [-0.05, 0) is 24.3 Å². The number of benzene rings is 1. The van der Waals surface area contributed by atoms with E-state index in [1.807, 2.05) is 4.90 Å². The van der Waals surface area contributed by atoms with Crippen LogP contribution in [0.4, 0.5) is 20.0 Å². The van der Waals surface area contributed by atoms with E-state index in [2.05, 4.69) is 20.4 Å². The molecule has 0 bridgehead atoms. The van der Waals surface area contributed by atoms with Gasteiger partial charge in [0.25, 0.3) is 0 Å². The Morgan fingerprint density at radius 3 is 2.80 bits per heavy atom. The number of anilines is 2. The van der Waals surface area contributed by atoms with E-state index in [0.717, 1.165) is 10.6 Å². The van der Waals surface area contributed by atoms with Crippen molar-refractivity contribution in [2.24, 2.45) is 0 Å². The molecule has 7 nitrogen and oxygen atoms in total. The van der Waals surface area contributed by atoms with Crippen molar-refractivity contribution in [3.05, 3.63) is 40.7 Å². The number of carbonyl (C=O) groups excluding carboxylic acids is 2. The van der Waals surface area contributed by atoms with E-state index in [9.17, 15) is 14.0 Å². The molecule has 1 aromatic heterocycles. The monoisotopic (exact) mass is 364 g/mol. The van der Waals surface area contributed by atoms with Crippen molar-refractivity contribution >= 4 is 34.2 Å². The summed E-state index contributed by atoms with van der Waals surface area (Å²) in [5.41, 5.74) is 1.50. The third-order valence-corrected chi connectivity index (χ3v) is 4.70. The fraction of sp³-hybridized carbons (Fsp3) is 0.312. The van der Waals surface area contributed by atoms with E-state index >= 15 is 0 Å². The van der Waals surface area contributed by atoms with E-state index in [4.69, 9.17) is 0 Å². The van der Waals surface area contributed by atoms with Gasteiger partial charge in [0, 0.05) is 30.1 Å². The van der Waals surface area contributed by atoms with Crippen molar-refractivity contribution in [1.29, 1.82) is 0 Å². The summed E-state index contributed by atoms with van der Waals surface area (Å²) in [6, 6.07) is 5.65. The highest BCUT2D eigenvalue weighted by Gasteiger charge is 2.23. The number of fused-ring (bicyclic) bond motifs is 1. The first kappa shape index (κ1) is 17.3. The van der Waals surface area contributed by atoms with Crippen LogP contribution in [-0.4, -0.2) is 42.1 Å². The smallest absolute Gasteiger partial charge is 0.413 e. The van der Waals surface area contributed by atoms with Crippen LogP contribution in [0.15, 0.2) is 24.3 Å². The predicted octanol–water partition coefficient (Wildman–Crippen LogP) is 2.46.